The topological polar surface area (TPSA) is 79.3 Å². The Morgan fingerprint density at radius 3 is 2.44 bits per heavy atom. The first kappa shape index (κ1) is 18.1. The predicted molar refractivity (Wildman–Crippen MR) is 95.4 cm³/mol. The van der Waals surface area contributed by atoms with Gasteiger partial charge in [0, 0.05) is 35.6 Å². The number of likely N-dealkylation sites (tertiary alicyclic amines) is 1. The molecule has 2 N–H and O–H groups in total. The highest BCUT2D eigenvalue weighted by Crippen LogP contribution is 2.29. The van der Waals surface area contributed by atoms with Gasteiger partial charge in [-0.3, -0.25) is 14.3 Å². The van der Waals surface area contributed by atoms with Crippen LogP contribution in [0.3, 0.4) is 0 Å². The van der Waals surface area contributed by atoms with E-state index in [1.54, 1.807) is 0 Å². The van der Waals surface area contributed by atoms with Gasteiger partial charge in [0.25, 0.3) is 0 Å². The third-order valence-electron chi connectivity index (χ3n) is 5.29. The molecule has 0 aromatic carbocycles. The second-order valence-electron chi connectivity index (χ2n) is 6.85. The van der Waals surface area contributed by atoms with Crippen molar-refractivity contribution < 1.29 is 10.2 Å². The summed E-state index contributed by atoms with van der Waals surface area (Å²) >= 11 is 0. The van der Waals surface area contributed by atoms with Crippen molar-refractivity contribution in [2.75, 3.05) is 26.3 Å². The molecule has 0 amide bonds. The summed E-state index contributed by atoms with van der Waals surface area (Å²) in [5.41, 5.74) is 4.76. The zero-order valence-corrected chi connectivity index (χ0v) is 15.2. The highest BCUT2D eigenvalue weighted by Gasteiger charge is 2.24. The molecule has 7 heteroatoms. The molecule has 3 heterocycles. The van der Waals surface area contributed by atoms with E-state index >= 15 is 0 Å². The maximum absolute atomic E-state index is 9.17. The molecule has 2 aromatic rings. The minimum absolute atomic E-state index is 0.119. The van der Waals surface area contributed by atoms with Crippen molar-refractivity contribution in [3.8, 4) is 0 Å². The van der Waals surface area contributed by atoms with Gasteiger partial charge in [0.2, 0.25) is 0 Å². The molecule has 0 aliphatic carbocycles. The van der Waals surface area contributed by atoms with Crippen LogP contribution < -0.4 is 0 Å². The lowest BCUT2D eigenvalue weighted by molar-refractivity contribution is 0.198. The maximum atomic E-state index is 9.17. The van der Waals surface area contributed by atoms with Crippen molar-refractivity contribution in [2.45, 2.75) is 52.2 Å². The summed E-state index contributed by atoms with van der Waals surface area (Å²) in [5, 5.41) is 27.2. The maximum Gasteiger partial charge on any atom is 0.0644 e. The standard InChI is InChI=1S/C18H29N5O2/c1-14-17(15(2)22(20-14)9-11-24)13-21-7-4-16(5-8-21)18-3-6-19-23(18)10-12-25/h3,6,16,24-25H,4-5,7-13H2,1-2H3. The van der Waals surface area contributed by atoms with E-state index in [-0.39, 0.29) is 13.2 Å². The molecule has 0 saturated carbocycles. The molecule has 3 rings (SSSR count). The molecule has 1 saturated heterocycles. The Hall–Kier alpha value is -1.70. The molecule has 0 radical (unpaired) electrons. The number of piperidine rings is 1. The van der Waals surface area contributed by atoms with Gasteiger partial charge in [-0.1, -0.05) is 0 Å². The van der Waals surface area contributed by atoms with Crippen LogP contribution in [0.2, 0.25) is 0 Å². The van der Waals surface area contributed by atoms with E-state index < -0.39 is 0 Å². The van der Waals surface area contributed by atoms with Gasteiger partial charge in [-0.05, 0) is 45.8 Å². The van der Waals surface area contributed by atoms with Crippen molar-refractivity contribution in [3.05, 3.63) is 34.9 Å². The van der Waals surface area contributed by atoms with Crippen molar-refractivity contribution in [1.82, 2.24) is 24.5 Å². The number of rotatable bonds is 7. The van der Waals surface area contributed by atoms with Crippen molar-refractivity contribution in [3.63, 3.8) is 0 Å². The van der Waals surface area contributed by atoms with Crippen molar-refractivity contribution in [2.24, 2.45) is 0 Å². The van der Waals surface area contributed by atoms with Gasteiger partial charge in [0.05, 0.1) is 32.0 Å². The van der Waals surface area contributed by atoms with Gasteiger partial charge in [0.1, 0.15) is 0 Å². The minimum atomic E-state index is 0.119. The molecular weight excluding hydrogens is 318 g/mol. The smallest absolute Gasteiger partial charge is 0.0644 e. The van der Waals surface area contributed by atoms with E-state index in [0.29, 0.717) is 19.0 Å². The van der Waals surface area contributed by atoms with Crippen LogP contribution in [0.25, 0.3) is 0 Å². The van der Waals surface area contributed by atoms with Gasteiger partial charge in [0.15, 0.2) is 0 Å². The number of hydrogen-bond acceptors (Lipinski definition) is 5. The average Bonchev–Trinajstić information content (AvgIpc) is 3.17. The van der Waals surface area contributed by atoms with E-state index in [1.165, 1.54) is 11.3 Å². The second-order valence-corrected chi connectivity index (χ2v) is 6.85. The molecule has 1 aliphatic heterocycles. The van der Waals surface area contributed by atoms with E-state index in [1.807, 2.05) is 15.6 Å². The summed E-state index contributed by atoms with van der Waals surface area (Å²) in [6.07, 6.45) is 4.06. The van der Waals surface area contributed by atoms with Crippen molar-refractivity contribution in [1.29, 1.82) is 0 Å². The predicted octanol–water partition coefficient (Wildman–Crippen LogP) is 1.06. The fourth-order valence-electron chi connectivity index (χ4n) is 3.86. The van der Waals surface area contributed by atoms with Gasteiger partial charge < -0.3 is 10.2 Å². The first-order valence-corrected chi connectivity index (χ1v) is 9.12. The molecule has 1 aliphatic rings. The van der Waals surface area contributed by atoms with Gasteiger partial charge in [-0.15, -0.1) is 0 Å². The Morgan fingerprint density at radius 1 is 1.08 bits per heavy atom. The number of nitrogens with zero attached hydrogens (tertiary/aromatic N) is 5. The van der Waals surface area contributed by atoms with Crippen LogP contribution in [0.15, 0.2) is 12.3 Å². The fraction of sp³-hybridized carbons (Fsp3) is 0.667. The lowest BCUT2D eigenvalue weighted by Gasteiger charge is -2.32. The Bertz CT molecular complexity index is 686. The molecule has 0 unspecified atom stereocenters. The molecule has 25 heavy (non-hydrogen) atoms. The van der Waals surface area contributed by atoms with E-state index in [9.17, 15) is 0 Å². The van der Waals surface area contributed by atoms with Crippen LogP contribution in [-0.2, 0) is 19.6 Å². The third kappa shape index (κ3) is 3.94. The molecule has 138 valence electrons. The molecule has 1 fully saturated rings. The second kappa shape index (κ2) is 8.12. The van der Waals surface area contributed by atoms with Crippen LogP contribution in [0.4, 0.5) is 0 Å². The molecule has 0 spiro atoms. The summed E-state index contributed by atoms with van der Waals surface area (Å²) in [7, 11) is 0. The minimum Gasteiger partial charge on any atom is -0.394 e. The largest absolute Gasteiger partial charge is 0.394 e. The monoisotopic (exact) mass is 347 g/mol. The Balaban J connectivity index is 1.60. The van der Waals surface area contributed by atoms with Crippen molar-refractivity contribution >= 4 is 0 Å². The van der Waals surface area contributed by atoms with Crippen LogP contribution in [-0.4, -0.2) is 61.0 Å². The number of aromatic nitrogens is 4. The quantitative estimate of drug-likeness (QED) is 0.783. The van der Waals surface area contributed by atoms with E-state index in [0.717, 1.165) is 43.9 Å². The normalized spacial score (nSPS) is 16.6. The Kier molecular flexibility index (Phi) is 5.88. The summed E-state index contributed by atoms with van der Waals surface area (Å²) in [4.78, 5) is 2.49. The first-order chi connectivity index (χ1) is 12.1. The lowest BCUT2D eigenvalue weighted by Crippen LogP contribution is -2.33. The number of aliphatic hydroxyl groups excluding tert-OH is 2. The lowest BCUT2D eigenvalue weighted by atomic mass is 9.93. The fourth-order valence-corrected chi connectivity index (χ4v) is 3.86. The van der Waals surface area contributed by atoms with E-state index in [2.05, 4.69) is 35.0 Å². The molecule has 2 aromatic heterocycles. The van der Waals surface area contributed by atoms with Crippen LogP contribution in [0.1, 0.15) is 41.4 Å². The number of aryl methyl sites for hydroxylation is 1. The zero-order chi connectivity index (χ0) is 17.8. The molecular formula is C18H29N5O2. The summed E-state index contributed by atoms with van der Waals surface area (Å²) in [6, 6.07) is 2.09. The number of hydrogen-bond donors (Lipinski definition) is 2. The van der Waals surface area contributed by atoms with Crippen LogP contribution in [0, 0.1) is 13.8 Å². The SMILES string of the molecule is Cc1nn(CCO)c(C)c1CN1CCC(c2ccnn2CCO)CC1. The van der Waals surface area contributed by atoms with Crippen LogP contribution in [0.5, 0.6) is 0 Å². The molecule has 7 nitrogen and oxygen atoms in total. The van der Waals surface area contributed by atoms with Gasteiger partial charge >= 0.3 is 0 Å². The molecule has 0 atom stereocenters. The number of aliphatic hydroxyl groups is 2. The zero-order valence-electron chi connectivity index (χ0n) is 15.2. The Labute approximate surface area is 148 Å². The summed E-state index contributed by atoms with van der Waals surface area (Å²) < 4.78 is 3.85. The van der Waals surface area contributed by atoms with Crippen LogP contribution >= 0.6 is 0 Å². The summed E-state index contributed by atoms with van der Waals surface area (Å²) in [5.74, 6) is 0.518. The van der Waals surface area contributed by atoms with E-state index in [4.69, 9.17) is 10.2 Å². The Morgan fingerprint density at radius 2 is 1.76 bits per heavy atom. The van der Waals surface area contributed by atoms with Gasteiger partial charge in [-0.2, -0.15) is 10.2 Å². The summed E-state index contributed by atoms with van der Waals surface area (Å²) in [6.45, 7) is 8.55. The third-order valence-corrected chi connectivity index (χ3v) is 5.29. The van der Waals surface area contributed by atoms with Gasteiger partial charge in [-0.25, -0.2) is 0 Å². The highest BCUT2D eigenvalue weighted by molar-refractivity contribution is 5.24. The highest BCUT2D eigenvalue weighted by atomic mass is 16.3. The first-order valence-electron chi connectivity index (χ1n) is 9.12. The molecule has 0 bridgehead atoms. The average molecular weight is 347 g/mol.